The number of fused-ring (bicyclic) bond motifs is 13. The molecular weight excluding hydrogens is 711 g/mol. The zero-order valence-corrected chi connectivity index (χ0v) is 33.2. The van der Waals surface area contributed by atoms with Gasteiger partial charge in [0.15, 0.2) is 0 Å². The normalized spacial score (nSPS) is 14.2. The molecule has 1 heteroatoms. The molecule has 0 aliphatic heterocycles. The molecule has 9 aromatic carbocycles. The molecule has 0 heterocycles. The quantitative estimate of drug-likeness (QED) is 0.169. The number of para-hydroxylation sites is 1. The van der Waals surface area contributed by atoms with E-state index in [1.54, 1.807) is 0 Å². The van der Waals surface area contributed by atoms with Crippen molar-refractivity contribution >= 4 is 17.1 Å². The third-order valence-corrected chi connectivity index (χ3v) is 13.5. The Kier molecular flexibility index (Phi) is 7.26. The van der Waals surface area contributed by atoms with E-state index in [1.807, 2.05) is 0 Å². The number of nitrogens with zero attached hydrogens (tertiary/aromatic N) is 1. The molecule has 9 aromatic rings. The van der Waals surface area contributed by atoms with Gasteiger partial charge in [-0.2, -0.15) is 0 Å². The molecule has 3 aliphatic carbocycles. The highest BCUT2D eigenvalue weighted by Crippen LogP contribution is 2.63. The third-order valence-electron chi connectivity index (χ3n) is 13.5. The van der Waals surface area contributed by atoms with E-state index >= 15 is 0 Å². The first-order valence-corrected chi connectivity index (χ1v) is 20.8. The molecule has 0 aromatic heterocycles. The van der Waals surface area contributed by atoms with Crippen LogP contribution in [0.2, 0.25) is 0 Å². The van der Waals surface area contributed by atoms with Crippen LogP contribution < -0.4 is 4.90 Å². The molecule has 278 valence electrons. The van der Waals surface area contributed by atoms with Crippen LogP contribution in [0, 0.1) is 0 Å². The number of anilines is 3. The molecule has 0 bridgehead atoms. The lowest BCUT2D eigenvalue weighted by Crippen LogP contribution is -2.25. The zero-order chi connectivity index (χ0) is 39.3. The Labute approximate surface area is 346 Å². The molecule has 0 fully saturated rings. The second-order valence-electron chi connectivity index (χ2n) is 16.8. The molecule has 0 N–H and O–H groups in total. The molecule has 1 nitrogen and oxygen atoms in total. The maximum absolute atomic E-state index is 2.51. The van der Waals surface area contributed by atoms with Crippen LogP contribution in [0.3, 0.4) is 0 Å². The van der Waals surface area contributed by atoms with Crippen molar-refractivity contribution in [2.75, 3.05) is 4.90 Å². The van der Waals surface area contributed by atoms with Gasteiger partial charge in [-0.25, -0.2) is 0 Å². The lowest BCUT2D eigenvalue weighted by Gasteiger charge is -2.32. The van der Waals surface area contributed by atoms with Crippen LogP contribution in [0.25, 0.3) is 55.6 Å². The van der Waals surface area contributed by atoms with Crippen molar-refractivity contribution in [2.45, 2.75) is 24.7 Å². The molecule has 3 aliphatic rings. The zero-order valence-electron chi connectivity index (χ0n) is 33.2. The van der Waals surface area contributed by atoms with Gasteiger partial charge in [-0.1, -0.05) is 196 Å². The van der Waals surface area contributed by atoms with E-state index in [1.165, 1.54) is 89.0 Å². The van der Waals surface area contributed by atoms with Gasteiger partial charge in [0.05, 0.1) is 11.1 Å². The van der Waals surface area contributed by atoms with Crippen LogP contribution in [0.1, 0.15) is 47.2 Å². The molecule has 0 saturated heterocycles. The second-order valence-corrected chi connectivity index (χ2v) is 16.8. The smallest absolute Gasteiger partial charge is 0.0725 e. The van der Waals surface area contributed by atoms with Gasteiger partial charge < -0.3 is 4.90 Å². The van der Waals surface area contributed by atoms with Crippen molar-refractivity contribution in [2.24, 2.45) is 0 Å². The van der Waals surface area contributed by atoms with E-state index < -0.39 is 5.41 Å². The average Bonchev–Trinajstić information content (AvgIpc) is 3.85. The summed E-state index contributed by atoms with van der Waals surface area (Å²) in [6.07, 6.45) is 0. The average molecular weight is 752 g/mol. The summed E-state index contributed by atoms with van der Waals surface area (Å²) in [6.45, 7) is 4.75. The molecule has 59 heavy (non-hydrogen) atoms. The van der Waals surface area contributed by atoms with Gasteiger partial charge in [-0.3, -0.25) is 0 Å². The minimum absolute atomic E-state index is 0.139. The van der Waals surface area contributed by atoms with Crippen molar-refractivity contribution in [3.05, 3.63) is 246 Å². The molecule has 0 amide bonds. The molecule has 12 rings (SSSR count). The number of benzene rings is 9. The SMILES string of the molecule is CC1(C)c2ccccc2-c2ccc(N(c3ccc4c(c3)-c3ccccc3C43c4ccccc4-c4ccccc43)c3ccccc3-c3ccccc3-c3ccccc3)cc21. The van der Waals surface area contributed by atoms with Gasteiger partial charge in [0.1, 0.15) is 0 Å². The minimum atomic E-state index is -0.391. The van der Waals surface area contributed by atoms with E-state index in [9.17, 15) is 0 Å². The van der Waals surface area contributed by atoms with E-state index in [2.05, 4.69) is 231 Å². The Morgan fingerprint density at radius 2 is 0.712 bits per heavy atom. The second kappa shape index (κ2) is 12.6. The van der Waals surface area contributed by atoms with Crippen molar-refractivity contribution in [3.8, 4) is 55.6 Å². The highest BCUT2D eigenvalue weighted by Gasteiger charge is 2.51. The maximum atomic E-state index is 2.51. The van der Waals surface area contributed by atoms with Gasteiger partial charge in [-0.15, -0.1) is 0 Å². The van der Waals surface area contributed by atoms with Crippen LogP contribution in [-0.4, -0.2) is 0 Å². The summed E-state index contributed by atoms with van der Waals surface area (Å²) in [5.74, 6) is 0. The summed E-state index contributed by atoms with van der Waals surface area (Å²) >= 11 is 0. The van der Waals surface area contributed by atoms with E-state index in [0.29, 0.717) is 0 Å². The van der Waals surface area contributed by atoms with Crippen LogP contribution in [0.5, 0.6) is 0 Å². The first kappa shape index (κ1) is 33.9. The van der Waals surface area contributed by atoms with Gasteiger partial charge in [0.25, 0.3) is 0 Å². The lowest BCUT2D eigenvalue weighted by molar-refractivity contribution is 0.660. The monoisotopic (exact) mass is 751 g/mol. The van der Waals surface area contributed by atoms with Crippen molar-refractivity contribution in [3.63, 3.8) is 0 Å². The summed E-state index contributed by atoms with van der Waals surface area (Å²) in [5, 5.41) is 0. The van der Waals surface area contributed by atoms with Gasteiger partial charge in [-0.05, 0) is 114 Å². The highest BCUT2D eigenvalue weighted by atomic mass is 15.1. The molecular formula is C58H41N. The Balaban J connectivity index is 1.12. The number of hydrogen-bond acceptors (Lipinski definition) is 1. The highest BCUT2D eigenvalue weighted by molar-refractivity contribution is 5.99. The molecule has 0 atom stereocenters. The Bertz CT molecular complexity index is 3100. The fourth-order valence-electron chi connectivity index (χ4n) is 11.0. The fourth-order valence-corrected chi connectivity index (χ4v) is 11.0. The molecule has 0 saturated carbocycles. The summed E-state index contributed by atoms with van der Waals surface area (Å²) in [7, 11) is 0. The Morgan fingerprint density at radius 3 is 1.36 bits per heavy atom. The predicted octanol–water partition coefficient (Wildman–Crippen LogP) is 15.1. The first-order valence-electron chi connectivity index (χ1n) is 20.8. The Hall–Kier alpha value is -7.22. The van der Waals surface area contributed by atoms with Crippen molar-refractivity contribution < 1.29 is 0 Å². The Morgan fingerprint density at radius 1 is 0.288 bits per heavy atom. The van der Waals surface area contributed by atoms with Crippen LogP contribution in [-0.2, 0) is 10.8 Å². The largest absolute Gasteiger partial charge is 0.310 e. The number of rotatable bonds is 5. The van der Waals surface area contributed by atoms with Gasteiger partial charge in [0.2, 0.25) is 0 Å². The topological polar surface area (TPSA) is 3.24 Å². The van der Waals surface area contributed by atoms with Crippen LogP contribution in [0.4, 0.5) is 17.1 Å². The minimum Gasteiger partial charge on any atom is -0.310 e. The van der Waals surface area contributed by atoms with Crippen molar-refractivity contribution in [1.82, 2.24) is 0 Å². The van der Waals surface area contributed by atoms with Gasteiger partial charge in [0, 0.05) is 22.4 Å². The first-order chi connectivity index (χ1) is 29.0. The van der Waals surface area contributed by atoms with Crippen molar-refractivity contribution in [1.29, 1.82) is 0 Å². The standard InChI is InChI=1S/C58H41N/c1-57(2)50-27-13-8-22-43(50)47-34-32-40(37-55(47)57)59(56-31-17-12-26-48(56)42-21-7-6-20-41(42)38-18-4-3-5-19-38)39-33-35-54-49(36-39)46-25-11-16-30-53(46)58(54)51-28-14-9-23-44(51)45-24-10-15-29-52(45)58/h3-37H,1-2H3. The summed E-state index contributed by atoms with van der Waals surface area (Å²) < 4.78 is 0. The molecule has 0 radical (unpaired) electrons. The van der Waals surface area contributed by atoms with Gasteiger partial charge >= 0.3 is 0 Å². The third kappa shape index (κ3) is 4.67. The van der Waals surface area contributed by atoms with E-state index in [4.69, 9.17) is 0 Å². The molecule has 1 spiro atoms. The summed E-state index contributed by atoms with van der Waals surface area (Å²) in [4.78, 5) is 2.51. The van der Waals surface area contributed by atoms with E-state index in [0.717, 1.165) is 17.1 Å². The van der Waals surface area contributed by atoms with Crippen LogP contribution >= 0.6 is 0 Å². The van der Waals surface area contributed by atoms with E-state index in [-0.39, 0.29) is 5.41 Å². The summed E-state index contributed by atoms with van der Waals surface area (Å²) in [6, 6.07) is 79.2. The molecule has 0 unspecified atom stereocenters. The lowest BCUT2D eigenvalue weighted by atomic mass is 9.70. The predicted molar refractivity (Wildman–Crippen MR) is 246 cm³/mol. The van der Waals surface area contributed by atoms with Crippen LogP contribution in [0.15, 0.2) is 212 Å². The maximum Gasteiger partial charge on any atom is 0.0725 e. The summed E-state index contributed by atoms with van der Waals surface area (Å²) in [5.41, 5.74) is 23.7. The number of hydrogen-bond donors (Lipinski definition) is 0. The fraction of sp³-hybridized carbons (Fsp3) is 0.0690.